The normalized spacial score (nSPS) is 20.9. The molecule has 0 spiro atoms. The van der Waals surface area contributed by atoms with Crippen LogP contribution in [0, 0.1) is 12.3 Å². The van der Waals surface area contributed by atoms with Crippen LogP contribution in [0.15, 0.2) is 11.1 Å². The fourth-order valence-corrected chi connectivity index (χ4v) is 3.49. The number of morpholine rings is 1. The van der Waals surface area contributed by atoms with Gasteiger partial charge in [-0.05, 0) is 39.5 Å². The highest BCUT2D eigenvalue weighted by Gasteiger charge is 2.36. The Bertz CT molecular complexity index is 950. The van der Waals surface area contributed by atoms with E-state index in [0.29, 0.717) is 18.0 Å². The van der Waals surface area contributed by atoms with Crippen molar-refractivity contribution in [3.63, 3.8) is 0 Å². The smallest absolute Gasteiger partial charge is 0.410 e. The Morgan fingerprint density at radius 1 is 1.28 bits per heavy atom. The molecule has 1 aliphatic rings. The molecule has 0 aromatic carbocycles. The summed E-state index contributed by atoms with van der Waals surface area (Å²) in [6.45, 7) is 14.4. The standard InChI is InChI=1S/C20H31N5O4/c1-12-22-16-15(17(26)23-12)21-11-25(16)14-10-24(18(27)29-20(5,6)7)9-13(28-14)8-19(2,3)4/h11,13-14H,8-10H2,1-7H3,(H,22,23,26)/t13-,14-/m1/s1. The number of fused-ring (bicyclic) bond motifs is 1. The van der Waals surface area contributed by atoms with Gasteiger partial charge in [-0.15, -0.1) is 0 Å². The van der Waals surface area contributed by atoms with Crippen molar-refractivity contribution in [2.24, 2.45) is 5.41 Å². The molecule has 29 heavy (non-hydrogen) atoms. The second-order valence-corrected chi connectivity index (χ2v) is 9.84. The van der Waals surface area contributed by atoms with Crippen LogP contribution in [0.4, 0.5) is 4.79 Å². The van der Waals surface area contributed by atoms with E-state index in [0.717, 1.165) is 6.42 Å². The summed E-state index contributed by atoms with van der Waals surface area (Å²) in [7, 11) is 0. The minimum absolute atomic E-state index is 0.0230. The topological polar surface area (TPSA) is 102 Å². The van der Waals surface area contributed by atoms with Crippen LogP contribution in [0.3, 0.4) is 0 Å². The van der Waals surface area contributed by atoms with Gasteiger partial charge in [0, 0.05) is 0 Å². The summed E-state index contributed by atoms with van der Waals surface area (Å²) < 4.78 is 13.6. The maximum absolute atomic E-state index is 12.8. The van der Waals surface area contributed by atoms with Gasteiger partial charge >= 0.3 is 6.09 Å². The van der Waals surface area contributed by atoms with E-state index in [9.17, 15) is 9.59 Å². The van der Waals surface area contributed by atoms with Gasteiger partial charge in [0.2, 0.25) is 0 Å². The number of aryl methyl sites for hydroxylation is 1. The Morgan fingerprint density at radius 2 is 1.97 bits per heavy atom. The van der Waals surface area contributed by atoms with Crippen LogP contribution in [-0.2, 0) is 9.47 Å². The van der Waals surface area contributed by atoms with Crippen LogP contribution in [0.25, 0.3) is 11.2 Å². The van der Waals surface area contributed by atoms with E-state index in [4.69, 9.17) is 9.47 Å². The molecule has 3 rings (SSSR count). The molecule has 0 bridgehead atoms. The van der Waals surface area contributed by atoms with Crippen molar-refractivity contribution >= 4 is 17.3 Å². The lowest BCUT2D eigenvalue weighted by atomic mass is 9.88. The molecule has 2 aromatic heterocycles. The molecule has 1 aliphatic heterocycles. The Hall–Kier alpha value is -2.42. The van der Waals surface area contributed by atoms with Crippen LogP contribution in [0.5, 0.6) is 0 Å². The second kappa shape index (κ2) is 7.44. The predicted molar refractivity (Wildman–Crippen MR) is 109 cm³/mol. The van der Waals surface area contributed by atoms with Crippen molar-refractivity contribution in [1.29, 1.82) is 0 Å². The number of ether oxygens (including phenoxy) is 2. The predicted octanol–water partition coefficient (Wildman–Crippen LogP) is 3.00. The minimum Gasteiger partial charge on any atom is -0.444 e. The monoisotopic (exact) mass is 405 g/mol. The van der Waals surface area contributed by atoms with Gasteiger partial charge in [0.25, 0.3) is 5.56 Å². The van der Waals surface area contributed by atoms with Crippen molar-refractivity contribution in [1.82, 2.24) is 24.4 Å². The quantitative estimate of drug-likeness (QED) is 0.824. The maximum Gasteiger partial charge on any atom is 0.410 e. The summed E-state index contributed by atoms with van der Waals surface area (Å²) in [5.74, 6) is 0.496. The maximum atomic E-state index is 12.8. The molecule has 0 saturated carbocycles. The van der Waals surface area contributed by atoms with Gasteiger partial charge in [0.05, 0.1) is 25.5 Å². The summed E-state index contributed by atoms with van der Waals surface area (Å²) in [6.07, 6.45) is 1.24. The Balaban J connectivity index is 1.94. The van der Waals surface area contributed by atoms with Gasteiger partial charge in [0.1, 0.15) is 11.4 Å². The first-order valence-electron chi connectivity index (χ1n) is 9.89. The summed E-state index contributed by atoms with van der Waals surface area (Å²) in [5, 5.41) is 0. The molecule has 1 amide bonds. The van der Waals surface area contributed by atoms with Gasteiger partial charge in [-0.25, -0.2) is 14.8 Å². The first-order valence-corrected chi connectivity index (χ1v) is 9.89. The Kier molecular flexibility index (Phi) is 5.46. The van der Waals surface area contributed by atoms with Crippen LogP contribution >= 0.6 is 0 Å². The molecule has 1 saturated heterocycles. The molecule has 1 fully saturated rings. The van der Waals surface area contributed by atoms with Crippen LogP contribution in [0.2, 0.25) is 0 Å². The lowest BCUT2D eigenvalue weighted by Crippen LogP contribution is -2.50. The Labute approximate surface area is 170 Å². The SMILES string of the molecule is Cc1nc2c(ncn2[C@H]2CN(C(=O)OC(C)(C)C)C[C@@H](CC(C)(C)C)O2)c(=O)[nH]1. The number of carbonyl (C=O) groups is 1. The lowest BCUT2D eigenvalue weighted by molar-refractivity contribution is -0.127. The highest BCUT2D eigenvalue weighted by atomic mass is 16.6. The third kappa shape index (κ3) is 5.14. The molecule has 2 atom stereocenters. The number of aromatic amines is 1. The fraction of sp³-hybridized carbons (Fsp3) is 0.700. The van der Waals surface area contributed by atoms with E-state index in [1.54, 1.807) is 22.7 Å². The first-order chi connectivity index (χ1) is 13.3. The number of aromatic nitrogens is 4. The second-order valence-electron chi connectivity index (χ2n) is 9.84. The first kappa shape index (κ1) is 21.3. The van der Waals surface area contributed by atoms with Gasteiger partial charge in [-0.1, -0.05) is 20.8 Å². The highest BCUT2D eigenvalue weighted by Crippen LogP contribution is 2.30. The van der Waals surface area contributed by atoms with Gasteiger partial charge in [-0.2, -0.15) is 0 Å². The molecule has 9 nitrogen and oxygen atoms in total. The number of rotatable bonds is 2. The molecule has 0 aliphatic carbocycles. The molecule has 1 N–H and O–H groups in total. The third-order valence-electron chi connectivity index (χ3n) is 4.50. The van der Waals surface area contributed by atoms with Gasteiger partial charge in [0.15, 0.2) is 17.4 Å². The zero-order valence-corrected chi connectivity index (χ0v) is 18.3. The van der Waals surface area contributed by atoms with E-state index >= 15 is 0 Å². The molecular formula is C20H31N5O4. The Morgan fingerprint density at radius 3 is 2.59 bits per heavy atom. The highest BCUT2D eigenvalue weighted by molar-refractivity contribution is 5.70. The molecule has 9 heteroatoms. The average Bonchev–Trinajstić information content (AvgIpc) is 2.95. The molecule has 0 radical (unpaired) electrons. The van der Waals surface area contributed by atoms with Crippen molar-refractivity contribution in [3.05, 3.63) is 22.5 Å². The number of imidazole rings is 1. The number of hydrogen-bond acceptors (Lipinski definition) is 6. The van der Waals surface area contributed by atoms with Crippen molar-refractivity contribution in [2.75, 3.05) is 13.1 Å². The number of amides is 1. The van der Waals surface area contributed by atoms with Crippen molar-refractivity contribution in [2.45, 2.75) is 72.8 Å². The van der Waals surface area contributed by atoms with E-state index < -0.39 is 11.8 Å². The third-order valence-corrected chi connectivity index (χ3v) is 4.50. The largest absolute Gasteiger partial charge is 0.444 e. The van der Waals surface area contributed by atoms with Crippen molar-refractivity contribution < 1.29 is 14.3 Å². The zero-order valence-electron chi connectivity index (χ0n) is 18.3. The van der Waals surface area contributed by atoms with E-state index in [1.807, 2.05) is 20.8 Å². The number of carbonyl (C=O) groups excluding carboxylic acids is 1. The van der Waals surface area contributed by atoms with Gasteiger partial charge in [-0.3, -0.25) is 9.36 Å². The van der Waals surface area contributed by atoms with Crippen LogP contribution in [-0.4, -0.2) is 55.3 Å². The van der Waals surface area contributed by atoms with Crippen LogP contribution < -0.4 is 5.56 Å². The van der Waals surface area contributed by atoms with E-state index in [-0.39, 0.29) is 35.2 Å². The summed E-state index contributed by atoms with van der Waals surface area (Å²) in [5.41, 5.74) is -0.164. The zero-order chi connectivity index (χ0) is 21.6. The number of H-pyrrole nitrogens is 1. The van der Waals surface area contributed by atoms with Crippen LogP contribution in [0.1, 0.15) is 60.0 Å². The fourth-order valence-electron chi connectivity index (χ4n) is 3.49. The minimum atomic E-state index is -0.585. The van der Waals surface area contributed by atoms with E-state index in [2.05, 4.69) is 35.7 Å². The molecule has 160 valence electrons. The molecule has 3 heterocycles. The number of hydrogen-bond donors (Lipinski definition) is 1. The summed E-state index contributed by atoms with van der Waals surface area (Å²) in [6, 6.07) is 0. The molecule has 0 unspecified atom stereocenters. The molecular weight excluding hydrogens is 374 g/mol. The number of nitrogens with zero attached hydrogens (tertiary/aromatic N) is 4. The van der Waals surface area contributed by atoms with Crippen molar-refractivity contribution in [3.8, 4) is 0 Å². The van der Waals surface area contributed by atoms with Gasteiger partial charge < -0.3 is 19.4 Å². The lowest BCUT2D eigenvalue weighted by Gasteiger charge is -2.40. The average molecular weight is 405 g/mol. The summed E-state index contributed by atoms with van der Waals surface area (Å²) in [4.78, 5) is 37.9. The number of nitrogens with one attached hydrogen (secondary N) is 1. The molecule has 2 aromatic rings. The van der Waals surface area contributed by atoms with E-state index in [1.165, 1.54) is 0 Å². The summed E-state index contributed by atoms with van der Waals surface area (Å²) >= 11 is 0.